The molecule has 0 radical (unpaired) electrons. The van der Waals surface area contributed by atoms with Crippen LogP contribution in [-0.4, -0.2) is 148 Å². The quantitative estimate of drug-likeness (QED) is 0.0445. The van der Waals surface area contributed by atoms with Crippen LogP contribution in [0.15, 0.2) is 0 Å². The number of hydrogen-bond acceptors (Lipinski definition) is 12. The van der Waals surface area contributed by atoms with Crippen LogP contribution in [0.25, 0.3) is 0 Å². The lowest BCUT2D eigenvalue weighted by atomic mass is 10.2. The van der Waals surface area contributed by atoms with Crippen molar-refractivity contribution < 1.29 is 56.9 Å². The lowest BCUT2D eigenvalue weighted by Crippen LogP contribution is -2.24. The van der Waals surface area contributed by atoms with Crippen molar-refractivity contribution in [1.29, 1.82) is 0 Å². The fourth-order valence-electron chi connectivity index (χ4n) is 2.68. The van der Waals surface area contributed by atoms with E-state index in [2.05, 4.69) is 22.6 Å². The third-order valence-electron chi connectivity index (χ3n) is 4.44. The number of ether oxygens (including phenoxy) is 11. The molecule has 40 heavy (non-hydrogen) atoms. The maximum Gasteiger partial charge on any atom is 0.308 e. The van der Waals surface area contributed by atoms with Crippen molar-refractivity contribution in [3.05, 3.63) is 0 Å². The topological polar surface area (TPSA) is 119 Å². The first-order chi connectivity index (χ1) is 19.5. The molecular formula is C27H53IO12. The maximum atomic E-state index is 11.5. The van der Waals surface area contributed by atoms with Crippen LogP contribution in [0.3, 0.4) is 0 Å². The Balaban J connectivity index is 3.09. The van der Waals surface area contributed by atoms with E-state index in [9.17, 15) is 4.79 Å². The van der Waals surface area contributed by atoms with Crippen molar-refractivity contribution in [3.8, 4) is 0 Å². The van der Waals surface area contributed by atoms with E-state index in [4.69, 9.17) is 52.1 Å². The molecule has 0 spiro atoms. The summed E-state index contributed by atoms with van der Waals surface area (Å²) < 4.78 is 60.4. The lowest BCUT2D eigenvalue weighted by molar-refractivity contribution is -0.156. The van der Waals surface area contributed by atoms with E-state index in [-0.39, 0.29) is 12.4 Å². The number of alkyl halides is 1. The first-order valence-corrected chi connectivity index (χ1v) is 15.5. The Hall–Kier alpha value is -0.200. The predicted octanol–water partition coefficient (Wildman–Crippen LogP) is 2.32. The van der Waals surface area contributed by atoms with Gasteiger partial charge in [-0.15, -0.1) is 0 Å². The predicted molar refractivity (Wildman–Crippen MR) is 158 cm³/mol. The molecule has 0 N–H and O–H groups in total. The first kappa shape index (κ1) is 39.8. The Morgan fingerprint density at radius 1 is 0.425 bits per heavy atom. The Morgan fingerprint density at radius 3 is 0.875 bits per heavy atom. The number of carbonyl (C=O) groups is 1. The van der Waals surface area contributed by atoms with Crippen molar-refractivity contribution in [1.82, 2.24) is 0 Å². The fourth-order valence-corrected chi connectivity index (χ4v) is 3.00. The summed E-state index contributed by atoms with van der Waals surface area (Å²) in [5.41, 5.74) is -0.469. The van der Waals surface area contributed by atoms with Gasteiger partial charge >= 0.3 is 5.97 Å². The highest BCUT2D eigenvalue weighted by molar-refractivity contribution is 14.1. The summed E-state index contributed by atoms with van der Waals surface area (Å²) in [6, 6.07) is 0. The summed E-state index contributed by atoms with van der Waals surface area (Å²) >= 11 is 2.27. The van der Waals surface area contributed by atoms with E-state index in [1.807, 2.05) is 20.8 Å². The summed E-state index contributed by atoms with van der Waals surface area (Å²) in [5, 5.41) is 0. The number of halogens is 1. The van der Waals surface area contributed by atoms with E-state index < -0.39 is 5.60 Å². The molecule has 0 aliphatic heterocycles. The molecule has 0 fully saturated rings. The minimum absolute atomic E-state index is 0.236. The second kappa shape index (κ2) is 31.7. The van der Waals surface area contributed by atoms with Crippen LogP contribution in [0.5, 0.6) is 0 Å². The normalized spacial score (nSPS) is 11.8. The van der Waals surface area contributed by atoms with Gasteiger partial charge in [-0.2, -0.15) is 0 Å². The average molecular weight is 697 g/mol. The van der Waals surface area contributed by atoms with Gasteiger partial charge in [0, 0.05) is 4.43 Å². The van der Waals surface area contributed by atoms with Gasteiger partial charge in [-0.25, -0.2) is 0 Å². The van der Waals surface area contributed by atoms with Crippen LogP contribution in [-0.2, 0) is 56.9 Å². The smallest absolute Gasteiger partial charge is 0.308 e. The molecule has 0 bridgehead atoms. The average Bonchev–Trinajstić information content (AvgIpc) is 2.90. The standard InChI is InChI=1S/C27H53IO12/c1-27(2,3)40-26(29)4-6-30-8-10-32-12-14-34-16-18-36-20-22-38-24-25-39-23-21-37-19-17-35-15-13-33-11-9-31-7-5-28/h4-25H2,1-3H3. The van der Waals surface area contributed by atoms with Crippen molar-refractivity contribution in [2.75, 3.05) is 137 Å². The van der Waals surface area contributed by atoms with Crippen LogP contribution in [0.4, 0.5) is 0 Å². The molecule has 0 saturated carbocycles. The third kappa shape index (κ3) is 35.8. The van der Waals surface area contributed by atoms with Crippen molar-refractivity contribution in [3.63, 3.8) is 0 Å². The molecule has 0 rings (SSSR count). The number of carbonyl (C=O) groups excluding carboxylic acids is 1. The van der Waals surface area contributed by atoms with Gasteiger partial charge in [-0.05, 0) is 20.8 Å². The summed E-state index contributed by atoms with van der Waals surface area (Å²) in [6.45, 7) is 15.9. The second-order valence-corrected chi connectivity index (χ2v) is 10.2. The molecule has 0 aliphatic rings. The largest absolute Gasteiger partial charge is 0.460 e. The second-order valence-electron chi connectivity index (χ2n) is 9.15. The minimum atomic E-state index is -0.469. The zero-order valence-electron chi connectivity index (χ0n) is 24.8. The van der Waals surface area contributed by atoms with Crippen molar-refractivity contribution >= 4 is 28.6 Å². The van der Waals surface area contributed by atoms with Crippen molar-refractivity contribution in [2.24, 2.45) is 0 Å². The Morgan fingerprint density at radius 2 is 0.650 bits per heavy atom. The van der Waals surface area contributed by atoms with E-state index in [1.54, 1.807) is 0 Å². The molecule has 240 valence electrons. The minimum Gasteiger partial charge on any atom is -0.460 e. The molecular weight excluding hydrogens is 643 g/mol. The zero-order valence-corrected chi connectivity index (χ0v) is 27.0. The Kier molecular flexibility index (Phi) is 31.6. The van der Waals surface area contributed by atoms with Gasteiger partial charge in [-0.1, -0.05) is 22.6 Å². The molecule has 0 heterocycles. The maximum absolute atomic E-state index is 11.5. The molecule has 0 atom stereocenters. The van der Waals surface area contributed by atoms with Gasteiger partial charge in [0.05, 0.1) is 139 Å². The molecule has 0 aromatic carbocycles. The molecule has 0 aliphatic carbocycles. The number of rotatable bonds is 32. The van der Waals surface area contributed by atoms with Gasteiger partial charge < -0.3 is 52.1 Å². The Bertz CT molecular complexity index is 522. The highest BCUT2D eigenvalue weighted by Crippen LogP contribution is 2.08. The zero-order chi connectivity index (χ0) is 29.4. The molecule has 12 nitrogen and oxygen atoms in total. The first-order valence-electron chi connectivity index (χ1n) is 14.0. The lowest BCUT2D eigenvalue weighted by Gasteiger charge is -2.19. The van der Waals surface area contributed by atoms with Gasteiger partial charge in [-0.3, -0.25) is 4.79 Å². The molecule has 0 amide bonds. The van der Waals surface area contributed by atoms with E-state index in [0.29, 0.717) is 126 Å². The SMILES string of the molecule is CC(C)(C)OC(=O)CCOCCOCCOCCOCCOCCOCCOCCOCCOCCOCCI. The summed E-state index contributed by atoms with van der Waals surface area (Å²) in [5.74, 6) is -0.262. The number of esters is 1. The van der Waals surface area contributed by atoms with Crippen LogP contribution >= 0.6 is 22.6 Å². The highest BCUT2D eigenvalue weighted by Gasteiger charge is 2.15. The van der Waals surface area contributed by atoms with E-state index in [0.717, 1.165) is 11.0 Å². The van der Waals surface area contributed by atoms with Crippen LogP contribution in [0, 0.1) is 0 Å². The summed E-state index contributed by atoms with van der Waals surface area (Å²) in [4.78, 5) is 11.5. The van der Waals surface area contributed by atoms with Gasteiger partial charge in [0.15, 0.2) is 0 Å². The van der Waals surface area contributed by atoms with Crippen molar-refractivity contribution in [2.45, 2.75) is 32.8 Å². The molecule has 0 unspecified atom stereocenters. The molecule has 0 saturated heterocycles. The summed E-state index contributed by atoms with van der Waals surface area (Å²) in [6.07, 6.45) is 0.236. The van der Waals surface area contributed by atoms with Gasteiger partial charge in [0.25, 0.3) is 0 Å². The molecule has 0 aromatic rings. The van der Waals surface area contributed by atoms with Crippen LogP contribution in [0.1, 0.15) is 27.2 Å². The monoisotopic (exact) mass is 696 g/mol. The van der Waals surface area contributed by atoms with E-state index >= 15 is 0 Å². The fraction of sp³-hybridized carbons (Fsp3) is 0.963. The van der Waals surface area contributed by atoms with Crippen LogP contribution in [0.2, 0.25) is 0 Å². The molecule has 13 heteroatoms. The highest BCUT2D eigenvalue weighted by atomic mass is 127. The molecule has 0 aromatic heterocycles. The number of hydrogen-bond donors (Lipinski definition) is 0. The summed E-state index contributed by atoms with van der Waals surface area (Å²) in [7, 11) is 0. The Labute approximate surface area is 254 Å². The van der Waals surface area contributed by atoms with Gasteiger partial charge in [0.2, 0.25) is 0 Å². The van der Waals surface area contributed by atoms with Gasteiger partial charge in [0.1, 0.15) is 5.60 Å². The van der Waals surface area contributed by atoms with E-state index in [1.165, 1.54) is 0 Å². The third-order valence-corrected chi connectivity index (χ3v) is 4.88. The van der Waals surface area contributed by atoms with Crippen LogP contribution < -0.4 is 0 Å².